The van der Waals surface area contributed by atoms with E-state index in [9.17, 15) is 4.79 Å². The third kappa shape index (κ3) is 4.90. The number of amides is 1. The molecule has 0 aliphatic carbocycles. The van der Waals surface area contributed by atoms with E-state index in [0.717, 1.165) is 5.75 Å². The van der Waals surface area contributed by atoms with Gasteiger partial charge in [0, 0.05) is 17.7 Å². The molecule has 0 spiro atoms. The number of hydrogen-bond acceptors (Lipinski definition) is 3. The van der Waals surface area contributed by atoms with Crippen molar-refractivity contribution >= 4 is 29.0 Å². The Labute approximate surface area is 135 Å². The summed E-state index contributed by atoms with van der Waals surface area (Å²) in [4.78, 5) is 15.2. The molecule has 21 heavy (non-hydrogen) atoms. The first-order chi connectivity index (χ1) is 10.1. The van der Waals surface area contributed by atoms with Gasteiger partial charge in [-0.1, -0.05) is 29.8 Å². The Morgan fingerprint density at radius 3 is 2.76 bits per heavy atom. The SMILES string of the molecule is Cc1cccc(CSCC(=O)N(C)Cc2sccc2C)c1. The minimum atomic E-state index is 0.195. The molecule has 2 rings (SSSR count). The van der Waals surface area contributed by atoms with Crippen molar-refractivity contribution in [2.75, 3.05) is 12.8 Å². The van der Waals surface area contributed by atoms with Crippen LogP contribution in [0.4, 0.5) is 0 Å². The van der Waals surface area contributed by atoms with Crippen molar-refractivity contribution in [2.24, 2.45) is 0 Å². The van der Waals surface area contributed by atoms with Gasteiger partial charge in [0.05, 0.1) is 12.3 Å². The monoisotopic (exact) mass is 319 g/mol. The van der Waals surface area contributed by atoms with Gasteiger partial charge in [-0.15, -0.1) is 23.1 Å². The molecule has 0 saturated heterocycles. The number of nitrogens with zero attached hydrogens (tertiary/aromatic N) is 1. The summed E-state index contributed by atoms with van der Waals surface area (Å²) in [5, 5.41) is 2.08. The van der Waals surface area contributed by atoms with Crippen LogP contribution in [-0.4, -0.2) is 23.6 Å². The maximum atomic E-state index is 12.1. The summed E-state index contributed by atoms with van der Waals surface area (Å²) < 4.78 is 0. The fourth-order valence-electron chi connectivity index (χ4n) is 2.04. The van der Waals surface area contributed by atoms with Crippen LogP contribution in [0.15, 0.2) is 35.7 Å². The Morgan fingerprint density at radius 2 is 2.10 bits per heavy atom. The zero-order valence-corrected chi connectivity index (χ0v) is 14.4. The van der Waals surface area contributed by atoms with Crippen LogP contribution >= 0.6 is 23.1 Å². The predicted molar refractivity (Wildman–Crippen MR) is 92.9 cm³/mol. The molecule has 0 unspecified atom stereocenters. The Bertz CT molecular complexity index is 606. The van der Waals surface area contributed by atoms with Gasteiger partial charge in [0.2, 0.25) is 5.91 Å². The van der Waals surface area contributed by atoms with Gasteiger partial charge in [0.25, 0.3) is 0 Å². The Kier molecular flexibility index (Phi) is 5.88. The summed E-state index contributed by atoms with van der Waals surface area (Å²) in [6.45, 7) is 4.90. The lowest BCUT2D eigenvalue weighted by Crippen LogP contribution is -2.27. The first-order valence-electron chi connectivity index (χ1n) is 6.96. The lowest BCUT2D eigenvalue weighted by atomic mass is 10.2. The molecule has 112 valence electrons. The Hall–Kier alpha value is -1.26. The smallest absolute Gasteiger partial charge is 0.232 e. The number of thioether (sulfide) groups is 1. The fourth-order valence-corrected chi connectivity index (χ4v) is 3.91. The van der Waals surface area contributed by atoms with E-state index in [0.29, 0.717) is 12.3 Å². The Morgan fingerprint density at radius 1 is 1.29 bits per heavy atom. The van der Waals surface area contributed by atoms with E-state index in [2.05, 4.69) is 49.6 Å². The molecule has 2 aromatic rings. The molecule has 1 heterocycles. The van der Waals surface area contributed by atoms with Gasteiger partial charge in [-0.3, -0.25) is 4.79 Å². The van der Waals surface area contributed by atoms with Crippen molar-refractivity contribution in [2.45, 2.75) is 26.1 Å². The second kappa shape index (κ2) is 7.66. The largest absolute Gasteiger partial charge is 0.340 e. The van der Waals surface area contributed by atoms with E-state index in [1.807, 2.05) is 11.9 Å². The molecular formula is C17H21NOS2. The van der Waals surface area contributed by atoms with Crippen LogP contribution in [0, 0.1) is 13.8 Å². The average Bonchev–Trinajstić information content (AvgIpc) is 2.84. The molecule has 2 nitrogen and oxygen atoms in total. The van der Waals surface area contributed by atoms with Gasteiger partial charge >= 0.3 is 0 Å². The van der Waals surface area contributed by atoms with E-state index < -0.39 is 0 Å². The number of carbonyl (C=O) groups excluding carboxylic acids is 1. The first-order valence-corrected chi connectivity index (χ1v) is 9.00. The third-order valence-corrected chi connectivity index (χ3v) is 5.35. The zero-order chi connectivity index (χ0) is 15.2. The molecule has 0 aliphatic rings. The molecule has 1 aromatic carbocycles. The van der Waals surface area contributed by atoms with Crippen molar-refractivity contribution in [1.29, 1.82) is 0 Å². The molecular weight excluding hydrogens is 298 g/mol. The third-order valence-electron chi connectivity index (χ3n) is 3.35. The zero-order valence-electron chi connectivity index (χ0n) is 12.8. The molecule has 0 fully saturated rings. The van der Waals surface area contributed by atoms with E-state index in [1.165, 1.54) is 21.6 Å². The van der Waals surface area contributed by atoms with E-state index in [1.54, 1.807) is 23.1 Å². The normalized spacial score (nSPS) is 10.6. The van der Waals surface area contributed by atoms with Crippen molar-refractivity contribution < 1.29 is 4.79 Å². The van der Waals surface area contributed by atoms with Gasteiger partial charge in [0.15, 0.2) is 0 Å². The number of carbonyl (C=O) groups is 1. The summed E-state index contributed by atoms with van der Waals surface area (Å²) in [5.74, 6) is 1.62. The number of thiophene rings is 1. The fraction of sp³-hybridized carbons (Fsp3) is 0.353. The molecule has 0 N–H and O–H groups in total. The van der Waals surface area contributed by atoms with Gasteiger partial charge in [-0.05, 0) is 36.4 Å². The lowest BCUT2D eigenvalue weighted by Gasteiger charge is -2.16. The quantitative estimate of drug-likeness (QED) is 0.793. The molecule has 4 heteroatoms. The van der Waals surface area contributed by atoms with Gasteiger partial charge in [0.1, 0.15) is 0 Å². The maximum Gasteiger partial charge on any atom is 0.232 e. The highest BCUT2D eigenvalue weighted by Gasteiger charge is 2.11. The van der Waals surface area contributed by atoms with Gasteiger partial charge < -0.3 is 4.90 Å². The summed E-state index contributed by atoms with van der Waals surface area (Å²) in [6.07, 6.45) is 0. The minimum Gasteiger partial charge on any atom is -0.340 e. The van der Waals surface area contributed by atoms with Crippen molar-refractivity contribution in [3.05, 3.63) is 57.3 Å². The molecule has 0 atom stereocenters. The highest BCUT2D eigenvalue weighted by Crippen LogP contribution is 2.18. The van der Waals surface area contributed by atoms with E-state index >= 15 is 0 Å². The maximum absolute atomic E-state index is 12.1. The number of benzene rings is 1. The highest BCUT2D eigenvalue weighted by molar-refractivity contribution is 7.99. The minimum absolute atomic E-state index is 0.195. The average molecular weight is 319 g/mol. The van der Waals surface area contributed by atoms with Crippen LogP contribution in [0.1, 0.15) is 21.6 Å². The van der Waals surface area contributed by atoms with E-state index in [4.69, 9.17) is 0 Å². The molecule has 0 bridgehead atoms. The van der Waals surface area contributed by atoms with Crippen LogP contribution < -0.4 is 0 Å². The molecule has 0 radical (unpaired) electrons. The first kappa shape index (κ1) is 16.1. The summed E-state index contributed by atoms with van der Waals surface area (Å²) in [7, 11) is 1.88. The molecule has 1 amide bonds. The van der Waals surface area contributed by atoms with Gasteiger partial charge in [-0.2, -0.15) is 0 Å². The van der Waals surface area contributed by atoms with Crippen LogP contribution in [0.5, 0.6) is 0 Å². The number of rotatable bonds is 6. The summed E-state index contributed by atoms with van der Waals surface area (Å²) >= 11 is 3.40. The topological polar surface area (TPSA) is 20.3 Å². The predicted octanol–water partition coefficient (Wildman–Crippen LogP) is 4.26. The standard InChI is InChI=1S/C17H21NOS2/c1-13-5-4-6-15(9-13)11-20-12-17(19)18(3)10-16-14(2)7-8-21-16/h4-9H,10-12H2,1-3H3. The molecule has 0 saturated carbocycles. The van der Waals surface area contributed by atoms with Crippen LogP contribution in [0.2, 0.25) is 0 Å². The van der Waals surface area contributed by atoms with Crippen molar-refractivity contribution in [3.63, 3.8) is 0 Å². The number of aryl methyl sites for hydroxylation is 2. The highest BCUT2D eigenvalue weighted by atomic mass is 32.2. The summed E-state index contributed by atoms with van der Waals surface area (Å²) in [6, 6.07) is 10.6. The number of hydrogen-bond donors (Lipinski definition) is 0. The second-order valence-electron chi connectivity index (χ2n) is 5.26. The van der Waals surface area contributed by atoms with Crippen molar-refractivity contribution in [1.82, 2.24) is 4.90 Å². The van der Waals surface area contributed by atoms with Gasteiger partial charge in [-0.25, -0.2) is 0 Å². The second-order valence-corrected chi connectivity index (χ2v) is 7.24. The lowest BCUT2D eigenvalue weighted by molar-refractivity contribution is -0.127. The molecule has 1 aromatic heterocycles. The van der Waals surface area contributed by atoms with E-state index in [-0.39, 0.29) is 5.91 Å². The molecule has 0 aliphatic heterocycles. The van der Waals surface area contributed by atoms with Crippen LogP contribution in [0.25, 0.3) is 0 Å². The Balaban J connectivity index is 1.77. The van der Waals surface area contributed by atoms with Crippen molar-refractivity contribution in [3.8, 4) is 0 Å². The van der Waals surface area contributed by atoms with Crippen LogP contribution in [0.3, 0.4) is 0 Å². The van der Waals surface area contributed by atoms with Crippen LogP contribution in [-0.2, 0) is 17.1 Å². The summed E-state index contributed by atoms with van der Waals surface area (Å²) in [5.41, 5.74) is 3.82.